The molecule has 16 heavy (non-hydrogen) atoms. The summed E-state index contributed by atoms with van der Waals surface area (Å²) in [5, 5.41) is 0. The Morgan fingerprint density at radius 2 is 1.50 bits per heavy atom. The highest BCUT2D eigenvalue weighted by Gasteiger charge is 2.45. The van der Waals surface area contributed by atoms with Gasteiger partial charge in [-0.2, -0.15) is 0 Å². The topological polar surface area (TPSA) is 6.48 Å². The molecule has 0 radical (unpaired) electrons. The molecular weight excluding hydrogens is 196 g/mol. The molecule has 2 atom stereocenters. The Morgan fingerprint density at radius 1 is 1.00 bits per heavy atom. The molecule has 0 aromatic heterocycles. The van der Waals surface area contributed by atoms with Crippen molar-refractivity contribution < 1.29 is 0 Å². The van der Waals surface area contributed by atoms with E-state index in [2.05, 4.69) is 65.2 Å². The van der Waals surface area contributed by atoms with Gasteiger partial charge in [0.1, 0.15) is 0 Å². The van der Waals surface area contributed by atoms with E-state index in [1.807, 2.05) is 0 Å². The largest absolute Gasteiger partial charge is 0.281 e. The minimum Gasteiger partial charge on any atom is -0.281 e. The molecule has 0 amide bonds. The van der Waals surface area contributed by atoms with Gasteiger partial charge in [0.25, 0.3) is 0 Å². The normalized spacial score (nSPS) is 30.0. The summed E-state index contributed by atoms with van der Waals surface area (Å²) in [6.07, 6.45) is 1.80. The van der Waals surface area contributed by atoms with Crippen molar-refractivity contribution in [1.82, 2.24) is 9.80 Å². The van der Waals surface area contributed by atoms with Crippen LogP contribution >= 0.6 is 0 Å². The lowest BCUT2D eigenvalue weighted by atomic mass is 10.0. The highest BCUT2D eigenvalue weighted by Crippen LogP contribution is 2.34. The summed E-state index contributed by atoms with van der Waals surface area (Å²) in [5.74, 6) is 0. The zero-order valence-electron chi connectivity index (χ0n) is 12.5. The fourth-order valence-corrected chi connectivity index (χ4v) is 3.18. The minimum atomic E-state index is 0.264. The zero-order valence-corrected chi connectivity index (χ0v) is 12.5. The standard InChI is InChI=1S/C14H30N2/c1-9-12-15(13(3,4)5)10-11(2)16(12)14(6,7)8/h11-12H,9-10H2,1-8H3. The molecule has 1 heterocycles. The first-order valence-corrected chi connectivity index (χ1v) is 6.64. The first-order chi connectivity index (χ1) is 7.09. The number of nitrogens with zero attached hydrogens (tertiary/aromatic N) is 2. The number of rotatable bonds is 1. The van der Waals surface area contributed by atoms with Gasteiger partial charge in [0, 0.05) is 23.7 Å². The van der Waals surface area contributed by atoms with Gasteiger partial charge in [0.15, 0.2) is 0 Å². The SMILES string of the molecule is CCC1N(C(C)(C)C)CC(C)N1C(C)(C)C. The van der Waals surface area contributed by atoms with Gasteiger partial charge in [0.2, 0.25) is 0 Å². The van der Waals surface area contributed by atoms with Gasteiger partial charge in [-0.05, 0) is 54.9 Å². The van der Waals surface area contributed by atoms with E-state index in [-0.39, 0.29) is 11.1 Å². The first kappa shape index (κ1) is 14.0. The van der Waals surface area contributed by atoms with E-state index in [1.165, 1.54) is 13.0 Å². The molecule has 0 saturated carbocycles. The Bertz CT molecular complexity index is 234. The highest BCUT2D eigenvalue weighted by atomic mass is 15.5. The van der Waals surface area contributed by atoms with E-state index < -0.39 is 0 Å². The molecule has 2 unspecified atom stereocenters. The molecule has 1 aliphatic heterocycles. The van der Waals surface area contributed by atoms with Gasteiger partial charge < -0.3 is 0 Å². The monoisotopic (exact) mass is 226 g/mol. The van der Waals surface area contributed by atoms with Crippen LogP contribution in [-0.2, 0) is 0 Å². The molecule has 0 spiro atoms. The van der Waals surface area contributed by atoms with Crippen LogP contribution in [0.25, 0.3) is 0 Å². The third kappa shape index (κ3) is 2.60. The molecule has 96 valence electrons. The lowest BCUT2D eigenvalue weighted by Gasteiger charge is -2.43. The molecule has 1 aliphatic rings. The van der Waals surface area contributed by atoms with Crippen LogP contribution in [0.2, 0.25) is 0 Å². The molecule has 2 heteroatoms. The second-order valence-electron chi connectivity index (χ2n) is 7.14. The van der Waals surface area contributed by atoms with Crippen LogP contribution in [0, 0.1) is 0 Å². The molecule has 0 aromatic rings. The van der Waals surface area contributed by atoms with Crippen LogP contribution in [0.1, 0.15) is 61.8 Å². The highest BCUT2D eigenvalue weighted by molar-refractivity contribution is 4.97. The first-order valence-electron chi connectivity index (χ1n) is 6.64. The second-order valence-corrected chi connectivity index (χ2v) is 7.14. The van der Waals surface area contributed by atoms with Crippen molar-refractivity contribution in [2.45, 2.75) is 85.1 Å². The summed E-state index contributed by atoms with van der Waals surface area (Å²) < 4.78 is 0. The Balaban J connectivity index is 2.97. The third-order valence-electron chi connectivity index (χ3n) is 3.62. The summed E-state index contributed by atoms with van der Waals surface area (Å²) in [5.41, 5.74) is 0.537. The van der Waals surface area contributed by atoms with E-state index in [9.17, 15) is 0 Å². The number of hydrogen-bond acceptors (Lipinski definition) is 2. The summed E-state index contributed by atoms with van der Waals surface area (Å²) in [6, 6.07) is 0.657. The average molecular weight is 226 g/mol. The van der Waals surface area contributed by atoms with Crippen LogP contribution in [0.3, 0.4) is 0 Å². The van der Waals surface area contributed by atoms with Gasteiger partial charge >= 0.3 is 0 Å². The molecule has 1 saturated heterocycles. The molecular formula is C14H30N2. The minimum absolute atomic E-state index is 0.264. The van der Waals surface area contributed by atoms with Crippen molar-refractivity contribution in [3.63, 3.8) is 0 Å². The molecule has 0 aliphatic carbocycles. The smallest absolute Gasteiger partial charge is 0.0632 e. The van der Waals surface area contributed by atoms with Crippen LogP contribution < -0.4 is 0 Å². The van der Waals surface area contributed by atoms with Gasteiger partial charge in [-0.1, -0.05) is 6.92 Å². The van der Waals surface area contributed by atoms with Gasteiger partial charge in [-0.3, -0.25) is 9.80 Å². The lowest BCUT2D eigenvalue weighted by molar-refractivity contribution is 0.00710. The van der Waals surface area contributed by atoms with E-state index in [0.29, 0.717) is 12.2 Å². The fourth-order valence-electron chi connectivity index (χ4n) is 3.18. The van der Waals surface area contributed by atoms with Gasteiger partial charge in [-0.15, -0.1) is 0 Å². The lowest BCUT2D eigenvalue weighted by Crippen LogP contribution is -2.53. The van der Waals surface area contributed by atoms with Crippen molar-refractivity contribution in [3.8, 4) is 0 Å². The molecule has 2 nitrogen and oxygen atoms in total. The quantitative estimate of drug-likeness (QED) is 0.677. The van der Waals surface area contributed by atoms with E-state index in [4.69, 9.17) is 0 Å². The van der Waals surface area contributed by atoms with Crippen LogP contribution in [0.5, 0.6) is 0 Å². The predicted molar refractivity (Wildman–Crippen MR) is 71.6 cm³/mol. The van der Waals surface area contributed by atoms with Crippen molar-refractivity contribution in [2.75, 3.05) is 6.54 Å². The van der Waals surface area contributed by atoms with Crippen LogP contribution in [-0.4, -0.2) is 39.6 Å². The maximum atomic E-state index is 2.68. The average Bonchev–Trinajstić information content (AvgIpc) is 2.40. The summed E-state index contributed by atoms with van der Waals surface area (Å²) in [7, 11) is 0. The fraction of sp³-hybridized carbons (Fsp3) is 1.00. The Hall–Kier alpha value is -0.0800. The molecule has 0 bridgehead atoms. The van der Waals surface area contributed by atoms with Crippen molar-refractivity contribution in [1.29, 1.82) is 0 Å². The zero-order chi connectivity index (χ0) is 12.7. The van der Waals surface area contributed by atoms with E-state index >= 15 is 0 Å². The third-order valence-corrected chi connectivity index (χ3v) is 3.62. The second kappa shape index (κ2) is 4.30. The molecule has 1 rings (SSSR count). The van der Waals surface area contributed by atoms with E-state index in [0.717, 1.165) is 0 Å². The van der Waals surface area contributed by atoms with Crippen LogP contribution in [0.4, 0.5) is 0 Å². The summed E-state index contributed by atoms with van der Waals surface area (Å²) in [6.45, 7) is 19.8. The van der Waals surface area contributed by atoms with Crippen molar-refractivity contribution in [3.05, 3.63) is 0 Å². The Morgan fingerprint density at radius 3 is 1.81 bits per heavy atom. The van der Waals surface area contributed by atoms with Crippen molar-refractivity contribution >= 4 is 0 Å². The predicted octanol–water partition coefficient (Wildman–Crippen LogP) is 3.33. The molecule has 0 N–H and O–H groups in total. The number of hydrogen-bond donors (Lipinski definition) is 0. The Labute approximate surface area is 102 Å². The molecule has 1 fully saturated rings. The van der Waals surface area contributed by atoms with Crippen molar-refractivity contribution in [2.24, 2.45) is 0 Å². The van der Waals surface area contributed by atoms with Crippen LogP contribution in [0.15, 0.2) is 0 Å². The summed E-state index contributed by atoms with van der Waals surface area (Å²) >= 11 is 0. The van der Waals surface area contributed by atoms with Gasteiger partial charge in [0.05, 0.1) is 6.17 Å². The Kier molecular flexibility index (Phi) is 3.76. The maximum Gasteiger partial charge on any atom is 0.0632 e. The van der Waals surface area contributed by atoms with E-state index in [1.54, 1.807) is 0 Å². The molecule has 0 aromatic carbocycles. The summed E-state index contributed by atoms with van der Waals surface area (Å²) in [4.78, 5) is 5.33. The van der Waals surface area contributed by atoms with Gasteiger partial charge in [-0.25, -0.2) is 0 Å². The maximum absolute atomic E-state index is 2.68.